The standard InChI is InChI=1S/C11H9Cl2N3OS/c1-6-5-9(16-17-6)15-11(18)14-8-4-2-3-7(12)10(8)13/h2-5H,1H3,(H2,14,15,16,18). The van der Waals surface area contributed by atoms with Crippen LogP contribution < -0.4 is 10.6 Å². The average molecular weight is 302 g/mol. The third kappa shape index (κ3) is 3.13. The molecular weight excluding hydrogens is 293 g/mol. The first-order chi connectivity index (χ1) is 8.56. The summed E-state index contributed by atoms with van der Waals surface area (Å²) in [5.41, 5.74) is 0.627. The van der Waals surface area contributed by atoms with Crippen molar-refractivity contribution in [3.8, 4) is 0 Å². The van der Waals surface area contributed by atoms with Crippen LogP contribution in [-0.4, -0.2) is 10.3 Å². The van der Waals surface area contributed by atoms with Crippen molar-refractivity contribution in [3.63, 3.8) is 0 Å². The molecule has 1 aromatic heterocycles. The van der Waals surface area contributed by atoms with Gasteiger partial charge in [-0.25, -0.2) is 0 Å². The van der Waals surface area contributed by atoms with Gasteiger partial charge in [0.05, 0.1) is 15.7 Å². The zero-order chi connectivity index (χ0) is 13.1. The SMILES string of the molecule is Cc1cc(NC(=S)Nc2cccc(Cl)c2Cl)no1. The van der Waals surface area contributed by atoms with Crippen LogP contribution in [0.4, 0.5) is 11.5 Å². The summed E-state index contributed by atoms with van der Waals surface area (Å²) >= 11 is 17.1. The summed E-state index contributed by atoms with van der Waals surface area (Å²) in [6.07, 6.45) is 0. The molecule has 0 radical (unpaired) electrons. The fourth-order valence-electron chi connectivity index (χ4n) is 1.30. The number of anilines is 2. The number of halogens is 2. The van der Waals surface area contributed by atoms with Crippen LogP contribution in [0.1, 0.15) is 5.76 Å². The van der Waals surface area contributed by atoms with Crippen molar-refractivity contribution < 1.29 is 4.52 Å². The quantitative estimate of drug-likeness (QED) is 0.818. The molecular formula is C11H9Cl2N3OS. The van der Waals surface area contributed by atoms with E-state index in [1.165, 1.54) is 0 Å². The summed E-state index contributed by atoms with van der Waals surface area (Å²) in [6, 6.07) is 6.98. The molecule has 0 aliphatic carbocycles. The lowest BCUT2D eigenvalue weighted by Gasteiger charge is -2.10. The highest BCUT2D eigenvalue weighted by Gasteiger charge is 2.07. The van der Waals surface area contributed by atoms with E-state index in [1.54, 1.807) is 31.2 Å². The molecule has 0 spiro atoms. The first-order valence-corrected chi connectivity index (χ1v) is 6.18. The van der Waals surface area contributed by atoms with Crippen LogP contribution in [0.25, 0.3) is 0 Å². The lowest BCUT2D eigenvalue weighted by molar-refractivity contribution is 0.400. The molecule has 2 N–H and O–H groups in total. The van der Waals surface area contributed by atoms with Gasteiger partial charge in [0.1, 0.15) is 5.76 Å². The highest BCUT2D eigenvalue weighted by Crippen LogP contribution is 2.29. The van der Waals surface area contributed by atoms with Gasteiger partial charge >= 0.3 is 0 Å². The van der Waals surface area contributed by atoms with Crippen LogP contribution >= 0.6 is 35.4 Å². The van der Waals surface area contributed by atoms with Crippen molar-refractivity contribution in [2.24, 2.45) is 0 Å². The van der Waals surface area contributed by atoms with Gasteiger partial charge in [-0.3, -0.25) is 0 Å². The Hall–Kier alpha value is -1.30. The highest BCUT2D eigenvalue weighted by atomic mass is 35.5. The Balaban J connectivity index is 2.05. The third-order valence-corrected chi connectivity index (χ3v) is 3.09. The van der Waals surface area contributed by atoms with Gasteiger partial charge < -0.3 is 15.2 Å². The number of nitrogens with zero attached hydrogens (tertiary/aromatic N) is 1. The fourth-order valence-corrected chi connectivity index (χ4v) is 1.86. The first-order valence-electron chi connectivity index (χ1n) is 5.01. The normalized spacial score (nSPS) is 10.2. The largest absolute Gasteiger partial charge is 0.360 e. The first kappa shape index (κ1) is 13.1. The summed E-state index contributed by atoms with van der Waals surface area (Å²) in [7, 11) is 0. The van der Waals surface area contributed by atoms with Crippen molar-refractivity contribution in [3.05, 3.63) is 40.1 Å². The maximum Gasteiger partial charge on any atom is 0.176 e. The van der Waals surface area contributed by atoms with E-state index < -0.39 is 0 Å². The average Bonchev–Trinajstić information content (AvgIpc) is 2.70. The number of thiocarbonyl (C=S) groups is 1. The van der Waals surface area contributed by atoms with Crippen LogP contribution in [0.5, 0.6) is 0 Å². The lowest BCUT2D eigenvalue weighted by Crippen LogP contribution is -2.19. The minimum Gasteiger partial charge on any atom is -0.360 e. The Morgan fingerprint density at radius 3 is 2.78 bits per heavy atom. The summed E-state index contributed by atoms with van der Waals surface area (Å²) < 4.78 is 4.91. The number of benzene rings is 1. The van der Waals surface area contributed by atoms with Crippen molar-refractivity contribution in [1.29, 1.82) is 0 Å². The van der Waals surface area contributed by atoms with Gasteiger partial charge in [0, 0.05) is 6.07 Å². The van der Waals surface area contributed by atoms with Gasteiger partial charge in [0.25, 0.3) is 0 Å². The molecule has 2 rings (SSSR count). The molecule has 0 aliphatic rings. The zero-order valence-corrected chi connectivity index (χ0v) is 11.7. The molecule has 0 unspecified atom stereocenters. The zero-order valence-electron chi connectivity index (χ0n) is 9.33. The Kier molecular flexibility index (Phi) is 4.06. The van der Waals surface area contributed by atoms with Crippen LogP contribution in [-0.2, 0) is 0 Å². The molecule has 0 amide bonds. The van der Waals surface area contributed by atoms with E-state index in [2.05, 4.69) is 15.8 Å². The van der Waals surface area contributed by atoms with E-state index in [1.807, 2.05) is 0 Å². The summed E-state index contributed by atoms with van der Waals surface area (Å²) in [6.45, 7) is 1.79. The maximum atomic E-state index is 6.03. The maximum absolute atomic E-state index is 6.03. The molecule has 0 atom stereocenters. The Morgan fingerprint density at radius 1 is 1.33 bits per heavy atom. The molecule has 7 heteroatoms. The van der Waals surface area contributed by atoms with Crippen molar-refractivity contribution in [1.82, 2.24) is 5.16 Å². The van der Waals surface area contributed by atoms with E-state index in [0.717, 1.165) is 0 Å². The van der Waals surface area contributed by atoms with Gasteiger partial charge in [0.2, 0.25) is 0 Å². The Labute approximate surface area is 119 Å². The molecule has 0 fully saturated rings. The summed E-state index contributed by atoms with van der Waals surface area (Å²) in [4.78, 5) is 0. The monoisotopic (exact) mass is 301 g/mol. The van der Waals surface area contributed by atoms with E-state index >= 15 is 0 Å². The molecule has 1 aromatic carbocycles. The number of nitrogens with one attached hydrogen (secondary N) is 2. The van der Waals surface area contributed by atoms with E-state index in [-0.39, 0.29) is 0 Å². The van der Waals surface area contributed by atoms with E-state index in [4.69, 9.17) is 39.9 Å². The molecule has 0 bridgehead atoms. The second kappa shape index (κ2) is 5.56. The van der Waals surface area contributed by atoms with Gasteiger partial charge in [-0.1, -0.05) is 34.4 Å². The summed E-state index contributed by atoms with van der Waals surface area (Å²) in [5.74, 6) is 1.23. The van der Waals surface area contributed by atoms with Gasteiger partial charge in [-0.2, -0.15) is 0 Å². The van der Waals surface area contributed by atoms with Crippen LogP contribution in [0, 0.1) is 6.92 Å². The predicted molar refractivity (Wildman–Crippen MR) is 77.5 cm³/mol. The number of hydrogen-bond donors (Lipinski definition) is 2. The minimum absolute atomic E-state index is 0.354. The summed E-state index contributed by atoms with van der Waals surface area (Å²) in [5, 5.41) is 10.8. The molecule has 2 aromatic rings. The van der Waals surface area contributed by atoms with E-state index in [0.29, 0.717) is 32.4 Å². The molecule has 18 heavy (non-hydrogen) atoms. The second-order valence-electron chi connectivity index (χ2n) is 3.50. The van der Waals surface area contributed by atoms with Crippen LogP contribution in [0.15, 0.2) is 28.8 Å². The number of rotatable bonds is 2. The van der Waals surface area contributed by atoms with Crippen LogP contribution in [0.3, 0.4) is 0 Å². The number of aryl methyl sites for hydroxylation is 1. The van der Waals surface area contributed by atoms with Gasteiger partial charge in [-0.15, -0.1) is 0 Å². The number of aromatic nitrogens is 1. The topological polar surface area (TPSA) is 50.1 Å². The van der Waals surface area contributed by atoms with E-state index in [9.17, 15) is 0 Å². The van der Waals surface area contributed by atoms with Gasteiger partial charge in [-0.05, 0) is 31.3 Å². The Bertz CT molecular complexity index is 585. The van der Waals surface area contributed by atoms with Gasteiger partial charge in [0.15, 0.2) is 10.9 Å². The molecule has 0 saturated carbocycles. The van der Waals surface area contributed by atoms with Crippen molar-refractivity contribution in [2.75, 3.05) is 10.6 Å². The van der Waals surface area contributed by atoms with Crippen molar-refractivity contribution in [2.45, 2.75) is 6.92 Å². The molecule has 94 valence electrons. The lowest BCUT2D eigenvalue weighted by atomic mass is 10.3. The molecule has 1 heterocycles. The second-order valence-corrected chi connectivity index (χ2v) is 4.70. The van der Waals surface area contributed by atoms with Crippen molar-refractivity contribution >= 4 is 52.0 Å². The highest BCUT2D eigenvalue weighted by molar-refractivity contribution is 7.80. The molecule has 0 aliphatic heterocycles. The number of hydrogen-bond acceptors (Lipinski definition) is 3. The fraction of sp³-hybridized carbons (Fsp3) is 0.0909. The Morgan fingerprint density at radius 2 is 2.11 bits per heavy atom. The minimum atomic E-state index is 0.354. The van der Waals surface area contributed by atoms with Crippen LogP contribution in [0.2, 0.25) is 10.0 Å². The molecule has 0 saturated heterocycles. The molecule has 4 nitrogen and oxygen atoms in total. The smallest absolute Gasteiger partial charge is 0.176 e. The predicted octanol–water partition coefficient (Wildman–Crippen LogP) is 4.10. The third-order valence-electron chi connectivity index (χ3n) is 2.07.